The monoisotopic (exact) mass is 391 g/mol. The number of nitrogens with one attached hydrogen (secondary N) is 1. The zero-order chi connectivity index (χ0) is 14.0. The summed E-state index contributed by atoms with van der Waals surface area (Å²) >= 11 is 6.50. The van der Waals surface area contributed by atoms with Crippen molar-refractivity contribution in [2.75, 3.05) is 6.61 Å². The Morgan fingerprint density at radius 1 is 1.47 bits per heavy atom. The smallest absolute Gasteiger partial charge is 0.220 e. The van der Waals surface area contributed by atoms with Gasteiger partial charge in [0.25, 0.3) is 0 Å². The average molecular weight is 393 g/mol. The Labute approximate surface area is 128 Å². The van der Waals surface area contributed by atoms with E-state index >= 15 is 0 Å². The number of hydrogen-bond donors (Lipinski definition) is 1. The number of Topliss-reactive ketones (excluding diaryl/α,β-unsaturated/α-hetero) is 1. The van der Waals surface area contributed by atoms with E-state index in [1.165, 1.54) is 0 Å². The quantitative estimate of drug-likeness (QED) is 0.802. The van der Waals surface area contributed by atoms with Gasteiger partial charge in [0.2, 0.25) is 11.7 Å². The Kier molecular flexibility index (Phi) is 4.63. The van der Waals surface area contributed by atoms with Crippen LogP contribution in [0.3, 0.4) is 0 Å². The van der Waals surface area contributed by atoms with Crippen LogP contribution in [0.25, 0.3) is 0 Å². The van der Waals surface area contributed by atoms with E-state index in [0.717, 1.165) is 6.42 Å². The molecule has 1 heterocycles. The van der Waals surface area contributed by atoms with Crippen molar-refractivity contribution in [3.8, 4) is 0 Å². The molecule has 1 atom stereocenters. The van der Waals surface area contributed by atoms with Gasteiger partial charge in [0.15, 0.2) is 0 Å². The highest BCUT2D eigenvalue weighted by atomic mass is 79.9. The second-order valence-corrected chi connectivity index (χ2v) is 6.51. The molecule has 19 heavy (non-hydrogen) atoms. The number of halogens is 2. The molecule has 4 nitrogen and oxygen atoms in total. The normalized spacial score (nSPS) is 25.2. The molecule has 0 radical (unpaired) electrons. The number of hydrogen-bond acceptors (Lipinski definition) is 3. The third-order valence-corrected chi connectivity index (χ3v) is 4.31. The number of ether oxygens (including phenoxy) is 1. The summed E-state index contributed by atoms with van der Waals surface area (Å²) in [6.07, 6.45) is 5.54. The van der Waals surface area contributed by atoms with Gasteiger partial charge in [0.1, 0.15) is 5.60 Å². The summed E-state index contributed by atoms with van der Waals surface area (Å²) in [5.41, 5.74) is -0.601. The number of allylic oxidation sites excluding steroid dienone is 2. The van der Waals surface area contributed by atoms with Crippen LogP contribution < -0.4 is 5.32 Å². The van der Waals surface area contributed by atoms with Crippen LogP contribution in [-0.4, -0.2) is 29.9 Å². The van der Waals surface area contributed by atoms with Crippen molar-refractivity contribution >= 4 is 43.6 Å². The molecule has 1 amide bonds. The van der Waals surface area contributed by atoms with Crippen LogP contribution in [0, 0.1) is 0 Å². The molecule has 1 aliphatic heterocycles. The van der Waals surface area contributed by atoms with Crippen LogP contribution >= 0.6 is 31.9 Å². The van der Waals surface area contributed by atoms with Crippen LogP contribution in [0.1, 0.15) is 26.2 Å². The Bertz CT molecular complexity index is 449. The van der Waals surface area contributed by atoms with Gasteiger partial charge in [-0.05, 0) is 50.4 Å². The summed E-state index contributed by atoms with van der Waals surface area (Å²) < 4.78 is 6.76. The Morgan fingerprint density at radius 3 is 2.68 bits per heavy atom. The molecule has 1 N–H and O–H groups in total. The van der Waals surface area contributed by atoms with Crippen molar-refractivity contribution < 1.29 is 14.3 Å². The third-order valence-electron chi connectivity index (χ3n) is 3.14. The van der Waals surface area contributed by atoms with Crippen molar-refractivity contribution in [1.82, 2.24) is 5.32 Å². The lowest BCUT2D eigenvalue weighted by atomic mass is 9.93. The van der Waals surface area contributed by atoms with Gasteiger partial charge < -0.3 is 10.1 Å². The number of rotatable bonds is 3. The maximum absolute atomic E-state index is 11.7. The van der Waals surface area contributed by atoms with E-state index in [0.29, 0.717) is 28.4 Å². The predicted octanol–water partition coefficient (Wildman–Crippen LogP) is 2.57. The lowest BCUT2D eigenvalue weighted by molar-refractivity contribution is -0.121. The molecule has 2 aliphatic rings. The highest BCUT2D eigenvalue weighted by Crippen LogP contribution is 2.38. The SMILES string of the molecule is CCCC(=O)NC1COC2(C=C(Br)C(=O)C(Br)=C2)C1. The Morgan fingerprint density at radius 2 is 2.11 bits per heavy atom. The molecule has 1 unspecified atom stereocenters. The number of carbonyl (C=O) groups is 2. The summed E-state index contributed by atoms with van der Waals surface area (Å²) in [6.45, 7) is 2.43. The van der Waals surface area contributed by atoms with Gasteiger partial charge >= 0.3 is 0 Å². The molecule has 0 bridgehead atoms. The molecule has 1 aliphatic carbocycles. The molecule has 0 aromatic rings. The molecule has 104 valence electrons. The average Bonchev–Trinajstić information content (AvgIpc) is 2.69. The fraction of sp³-hybridized carbons (Fsp3) is 0.538. The van der Waals surface area contributed by atoms with Crippen LogP contribution in [0.2, 0.25) is 0 Å². The number of carbonyl (C=O) groups excluding carboxylic acids is 2. The summed E-state index contributed by atoms with van der Waals surface area (Å²) in [6, 6.07) is -0.0136. The van der Waals surface area contributed by atoms with Gasteiger partial charge in [0.05, 0.1) is 21.6 Å². The molecular formula is C13H15Br2NO3. The van der Waals surface area contributed by atoms with Crippen molar-refractivity contribution in [3.05, 3.63) is 21.1 Å². The van der Waals surface area contributed by atoms with Crippen LogP contribution in [0.4, 0.5) is 0 Å². The van der Waals surface area contributed by atoms with E-state index < -0.39 is 5.60 Å². The van der Waals surface area contributed by atoms with E-state index in [2.05, 4.69) is 37.2 Å². The first-order valence-corrected chi connectivity index (χ1v) is 7.79. The van der Waals surface area contributed by atoms with Crippen LogP contribution in [0.15, 0.2) is 21.1 Å². The highest BCUT2D eigenvalue weighted by Gasteiger charge is 2.41. The summed E-state index contributed by atoms with van der Waals surface area (Å²) in [7, 11) is 0. The number of amides is 1. The maximum atomic E-state index is 11.7. The lowest BCUT2D eigenvalue weighted by Crippen LogP contribution is -2.36. The van der Waals surface area contributed by atoms with Crippen molar-refractivity contribution in [3.63, 3.8) is 0 Å². The Hall–Kier alpha value is -0.460. The zero-order valence-corrected chi connectivity index (χ0v) is 13.7. The van der Waals surface area contributed by atoms with Crippen molar-refractivity contribution in [2.45, 2.75) is 37.8 Å². The molecule has 2 rings (SSSR count). The minimum atomic E-state index is -0.601. The largest absolute Gasteiger partial charge is 0.364 e. The van der Waals surface area contributed by atoms with Crippen LogP contribution in [-0.2, 0) is 14.3 Å². The Balaban J connectivity index is 2.05. The first-order chi connectivity index (χ1) is 8.96. The summed E-state index contributed by atoms with van der Waals surface area (Å²) in [4.78, 5) is 23.2. The van der Waals surface area contributed by atoms with Gasteiger partial charge in [-0.3, -0.25) is 9.59 Å². The maximum Gasteiger partial charge on any atom is 0.220 e. The van der Waals surface area contributed by atoms with Gasteiger partial charge in [-0.2, -0.15) is 0 Å². The van der Waals surface area contributed by atoms with Gasteiger partial charge in [0, 0.05) is 12.8 Å². The molecule has 0 aromatic carbocycles. The molecule has 1 spiro atoms. The molecule has 0 aromatic heterocycles. The second kappa shape index (κ2) is 5.89. The second-order valence-electron chi connectivity index (χ2n) is 4.80. The topological polar surface area (TPSA) is 55.4 Å². The van der Waals surface area contributed by atoms with Crippen molar-refractivity contribution in [2.24, 2.45) is 0 Å². The fourth-order valence-corrected chi connectivity index (χ4v) is 3.76. The highest BCUT2D eigenvalue weighted by molar-refractivity contribution is 9.13. The van der Waals surface area contributed by atoms with E-state index in [4.69, 9.17) is 4.74 Å². The standard InChI is InChI=1S/C13H15Br2NO3/c1-2-3-11(17)16-8-4-13(19-7-8)5-9(14)12(18)10(15)6-13/h5-6,8H,2-4,7H2,1H3,(H,16,17). The third kappa shape index (κ3) is 3.35. The van der Waals surface area contributed by atoms with E-state index in [1.807, 2.05) is 6.92 Å². The van der Waals surface area contributed by atoms with Crippen molar-refractivity contribution in [1.29, 1.82) is 0 Å². The molecule has 1 saturated heterocycles. The summed E-state index contributed by atoms with van der Waals surface area (Å²) in [5, 5.41) is 2.95. The first kappa shape index (κ1) is 14.9. The molecule has 1 fully saturated rings. The van der Waals surface area contributed by atoms with Crippen LogP contribution in [0.5, 0.6) is 0 Å². The molecular weight excluding hydrogens is 378 g/mol. The van der Waals surface area contributed by atoms with Gasteiger partial charge in [-0.15, -0.1) is 0 Å². The summed E-state index contributed by atoms with van der Waals surface area (Å²) in [5.74, 6) is -0.0428. The van der Waals surface area contributed by atoms with E-state index in [1.54, 1.807) is 12.2 Å². The lowest BCUT2D eigenvalue weighted by Gasteiger charge is -2.25. The minimum absolute atomic E-state index is 0.0136. The van der Waals surface area contributed by atoms with Gasteiger partial charge in [-0.1, -0.05) is 6.92 Å². The van der Waals surface area contributed by atoms with Gasteiger partial charge in [-0.25, -0.2) is 0 Å². The molecule has 6 heteroatoms. The first-order valence-electron chi connectivity index (χ1n) is 6.20. The predicted molar refractivity (Wildman–Crippen MR) is 79.2 cm³/mol. The molecule has 0 saturated carbocycles. The van der Waals surface area contributed by atoms with E-state index in [9.17, 15) is 9.59 Å². The fourth-order valence-electron chi connectivity index (χ4n) is 2.30. The zero-order valence-electron chi connectivity index (χ0n) is 10.5. The van der Waals surface area contributed by atoms with E-state index in [-0.39, 0.29) is 17.7 Å². The number of ketones is 1. The minimum Gasteiger partial charge on any atom is -0.364 e.